The molecule has 0 spiro atoms. The van der Waals surface area contributed by atoms with Gasteiger partial charge in [0.1, 0.15) is 36.3 Å². The lowest BCUT2D eigenvalue weighted by atomic mass is 9.91. The summed E-state index contributed by atoms with van der Waals surface area (Å²) in [7, 11) is 1.63. The van der Waals surface area contributed by atoms with Gasteiger partial charge in [-0.25, -0.2) is 0 Å². The first-order valence-electron chi connectivity index (χ1n) is 7.60. The van der Waals surface area contributed by atoms with Crippen molar-refractivity contribution in [3.05, 3.63) is 29.8 Å². The second-order valence-electron chi connectivity index (χ2n) is 5.51. The zero-order valence-electron chi connectivity index (χ0n) is 13.0. The van der Waals surface area contributed by atoms with Crippen molar-refractivity contribution < 1.29 is 34.6 Å². The summed E-state index contributed by atoms with van der Waals surface area (Å²) in [6.07, 6.45) is -4.96. The summed E-state index contributed by atoms with van der Waals surface area (Å²) in [4.78, 5) is 0. The van der Waals surface area contributed by atoms with E-state index in [9.17, 15) is 20.4 Å². The minimum Gasteiger partial charge on any atom is -0.494 e. The lowest BCUT2D eigenvalue weighted by Gasteiger charge is -2.40. The number of hydrogen-bond donors (Lipinski definition) is 4. The van der Waals surface area contributed by atoms with Crippen LogP contribution in [0.25, 0.3) is 0 Å². The van der Waals surface area contributed by atoms with Crippen LogP contribution in [0, 0.1) is 0 Å². The van der Waals surface area contributed by atoms with E-state index in [2.05, 4.69) is 0 Å². The zero-order valence-corrected chi connectivity index (χ0v) is 13.0. The van der Waals surface area contributed by atoms with Crippen LogP contribution in [0.2, 0.25) is 0 Å². The van der Waals surface area contributed by atoms with Crippen LogP contribution < -0.4 is 4.74 Å². The number of aliphatic hydroxyl groups excluding tert-OH is 4. The van der Waals surface area contributed by atoms with Gasteiger partial charge in [-0.2, -0.15) is 0 Å². The summed E-state index contributed by atoms with van der Waals surface area (Å²) in [5, 5.41) is 38.9. The Morgan fingerprint density at radius 3 is 2.30 bits per heavy atom. The highest BCUT2D eigenvalue weighted by molar-refractivity contribution is 5.29. The maximum absolute atomic E-state index is 10.1. The standard InChI is InChI=1S/C16H24O7/c1-21-7-2-8-22-11-5-3-10(4-6-11)16-15(20)14(19)13(18)12(9-17)23-16/h3-6,12-20H,2,7-9H2,1H3/t12?,13-,14?,15?,16-/m1/s1. The molecule has 2 rings (SSSR count). The first-order chi connectivity index (χ1) is 11.1. The molecule has 0 radical (unpaired) electrons. The minimum absolute atomic E-state index is 0.442. The number of rotatable bonds is 7. The fraction of sp³-hybridized carbons (Fsp3) is 0.625. The van der Waals surface area contributed by atoms with Crippen LogP contribution in [-0.2, 0) is 9.47 Å². The Morgan fingerprint density at radius 1 is 1.00 bits per heavy atom. The number of hydrogen-bond acceptors (Lipinski definition) is 7. The van der Waals surface area contributed by atoms with E-state index in [-0.39, 0.29) is 0 Å². The molecule has 0 aliphatic carbocycles. The normalized spacial score (nSPS) is 31.1. The molecule has 23 heavy (non-hydrogen) atoms. The third-order valence-corrected chi connectivity index (χ3v) is 3.86. The van der Waals surface area contributed by atoms with Crippen molar-refractivity contribution in [3.8, 4) is 5.75 Å². The number of methoxy groups -OCH3 is 1. The smallest absolute Gasteiger partial charge is 0.119 e. The van der Waals surface area contributed by atoms with E-state index in [1.54, 1.807) is 31.4 Å². The second-order valence-corrected chi connectivity index (χ2v) is 5.51. The Hall–Kier alpha value is -1.22. The zero-order chi connectivity index (χ0) is 16.8. The molecule has 1 aromatic rings. The molecule has 7 nitrogen and oxygen atoms in total. The molecule has 1 aromatic carbocycles. The average molecular weight is 328 g/mol. The number of ether oxygens (including phenoxy) is 3. The topological polar surface area (TPSA) is 109 Å². The quantitative estimate of drug-likeness (QED) is 0.505. The van der Waals surface area contributed by atoms with E-state index in [4.69, 9.17) is 14.2 Å². The fourth-order valence-corrected chi connectivity index (χ4v) is 2.52. The lowest BCUT2D eigenvalue weighted by molar-refractivity contribution is -0.231. The number of benzene rings is 1. The molecule has 0 aromatic heterocycles. The Kier molecular flexibility index (Phi) is 6.76. The predicted molar refractivity (Wildman–Crippen MR) is 81.2 cm³/mol. The van der Waals surface area contributed by atoms with Crippen molar-refractivity contribution in [3.63, 3.8) is 0 Å². The average Bonchev–Trinajstić information content (AvgIpc) is 2.58. The Morgan fingerprint density at radius 2 is 1.70 bits per heavy atom. The van der Waals surface area contributed by atoms with E-state index in [0.29, 0.717) is 24.5 Å². The summed E-state index contributed by atoms with van der Waals surface area (Å²) < 4.78 is 16.0. The van der Waals surface area contributed by atoms with Gasteiger partial charge >= 0.3 is 0 Å². The molecular weight excluding hydrogens is 304 g/mol. The van der Waals surface area contributed by atoms with Gasteiger partial charge in [0, 0.05) is 20.1 Å². The molecule has 0 amide bonds. The second kappa shape index (κ2) is 8.58. The van der Waals surface area contributed by atoms with Crippen molar-refractivity contribution in [1.82, 2.24) is 0 Å². The summed E-state index contributed by atoms with van der Waals surface area (Å²) in [5.74, 6) is 0.675. The van der Waals surface area contributed by atoms with Crippen LogP contribution in [0.15, 0.2) is 24.3 Å². The monoisotopic (exact) mass is 328 g/mol. The van der Waals surface area contributed by atoms with Crippen molar-refractivity contribution in [2.45, 2.75) is 36.9 Å². The first-order valence-corrected chi connectivity index (χ1v) is 7.60. The van der Waals surface area contributed by atoms with E-state index < -0.39 is 37.1 Å². The van der Waals surface area contributed by atoms with Crippen LogP contribution in [0.4, 0.5) is 0 Å². The van der Waals surface area contributed by atoms with Gasteiger partial charge in [-0.1, -0.05) is 12.1 Å². The highest BCUT2D eigenvalue weighted by atomic mass is 16.5. The lowest BCUT2D eigenvalue weighted by Crippen LogP contribution is -2.55. The SMILES string of the molecule is COCCCOc1ccc([C@H]2OC(CO)[C@@H](O)C(O)C2O)cc1. The van der Waals surface area contributed by atoms with E-state index in [0.717, 1.165) is 6.42 Å². The third kappa shape index (κ3) is 4.41. The molecule has 0 saturated carbocycles. The van der Waals surface area contributed by atoms with Gasteiger partial charge < -0.3 is 34.6 Å². The summed E-state index contributed by atoms with van der Waals surface area (Å²) in [6.45, 7) is 0.721. The van der Waals surface area contributed by atoms with E-state index in [1.807, 2.05) is 0 Å². The van der Waals surface area contributed by atoms with Crippen LogP contribution >= 0.6 is 0 Å². The predicted octanol–water partition coefficient (Wildman–Crippen LogP) is -0.383. The van der Waals surface area contributed by atoms with Crippen molar-refractivity contribution >= 4 is 0 Å². The fourth-order valence-electron chi connectivity index (χ4n) is 2.52. The molecule has 7 heteroatoms. The molecule has 4 N–H and O–H groups in total. The van der Waals surface area contributed by atoms with Gasteiger partial charge in [-0.3, -0.25) is 0 Å². The van der Waals surface area contributed by atoms with Crippen molar-refractivity contribution in [1.29, 1.82) is 0 Å². The molecule has 130 valence electrons. The molecular formula is C16H24O7. The Labute approximate surface area is 135 Å². The first kappa shape index (κ1) is 18.1. The van der Waals surface area contributed by atoms with Crippen LogP contribution in [0.1, 0.15) is 18.1 Å². The maximum Gasteiger partial charge on any atom is 0.119 e. The van der Waals surface area contributed by atoms with Gasteiger partial charge in [-0.05, 0) is 17.7 Å². The summed E-state index contributed by atoms with van der Waals surface area (Å²) >= 11 is 0. The largest absolute Gasteiger partial charge is 0.494 e. The Bertz CT molecular complexity index is 462. The van der Waals surface area contributed by atoms with Gasteiger partial charge in [0.2, 0.25) is 0 Å². The maximum atomic E-state index is 10.1. The van der Waals surface area contributed by atoms with Crippen molar-refractivity contribution in [2.24, 2.45) is 0 Å². The van der Waals surface area contributed by atoms with E-state index >= 15 is 0 Å². The molecule has 1 fully saturated rings. The highest BCUT2D eigenvalue weighted by Crippen LogP contribution is 2.33. The van der Waals surface area contributed by atoms with Crippen molar-refractivity contribution in [2.75, 3.05) is 26.9 Å². The van der Waals surface area contributed by atoms with Crippen LogP contribution in [0.3, 0.4) is 0 Å². The Balaban J connectivity index is 2.00. The van der Waals surface area contributed by atoms with Crippen LogP contribution in [-0.4, -0.2) is 71.8 Å². The molecule has 1 heterocycles. The third-order valence-electron chi connectivity index (χ3n) is 3.86. The minimum atomic E-state index is -1.38. The summed E-state index contributed by atoms with van der Waals surface area (Å²) in [5.41, 5.74) is 0.631. The summed E-state index contributed by atoms with van der Waals surface area (Å²) in [6, 6.07) is 6.92. The molecule has 5 atom stereocenters. The molecule has 0 bridgehead atoms. The molecule has 3 unspecified atom stereocenters. The highest BCUT2D eigenvalue weighted by Gasteiger charge is 2.43. The number of aliphatic hydroxyl groups is 4. The van der Waals surface area contributed by atoms with Gasteiger partial charge in [0.15, 0.2) is 0 Å². The van der Waals surface area contributed by atoms with Gasteiger partial charge in [0.05, 0.1) is 13.2 Å². The molecule has 1 saturated heterocycles. The van der Waals surface area contributed by atoms with Crippen LogP contribution in [0.5, 0.6) is 5.75 Å². The van der Waals surface area contributed by atoms with E-state index in [1.165, 1.54) is 0 Å². The molecule has 1 aliphatic heterocycles. The molecule has 1 aliphatic rings. The van der Waals surface area contributed by atoms with Gasteiger partial charge in [0.25, 0.3) is 0 Å². The van der Waals surface area contributed by atoms with Gasteiger partial charge in [-0.15, -0.1) is 0 Å².